The molecule has 0 bridgehead atoms. The number of hydrogen-bond acceptors (Lipinski definition) is 3. The molecule has 1 N–H and O–H groups in total. The number of hydrogen-bond donors (Lipinski definition) is 1. The number of ether oxygens (including phenoxy) is 1. The second-order valence-corrected chi connectivity index (χ2v) is 4.39. The molecule has 0 fully saturated rings. The van der Waals surface area contributed by atoms with E-state index < -0.39 is 0 Å². The highest BCUT2D eigenvalue weighted by Gasteiger charge is 2.10. The van der Waals surface area contributed by atoms with Crippen LogP contribution in [0.3, 0.4) is 0 Å². The summed E-state index contributed by atoms with van der Waals surface area (Å²) in [6, 6.07) is 9.98. The van der Waals surface area contributed by atoms with Gasteiger partial charge in [-0.15, -0.1) is 0 Å². The Labute approximate surface area is 105 Å². The molecular formula is C13H17N3O2. The Balaban J connectivity index is 1.97. The first-order valence-corrected chi connectivity index (χ1v) is 5.96. The van der Waals surface area contributed by atoms with Gasteiger partial charge in [-0.2, -0.15) is 5.10 Å². The van der Waals surface area contributed by atoms with Crippen LogP contribution in [0.25, 0.3) is 0 Å². The van der Waals surface area contributed by atoms with Crippen molar-refractivity contribution in [2.24, 2.45) is 0 Å². The smallest absolute Gasteiger partial charge is 0.343 e. The third-order valence-electron chi connectivity index (χ3n) is 2.64. The minimum absolute atomic E-state index is 0.0755. The number of benzene rings is 1. The van der Waals surface area contributed by atoms with E-state index in [1.165, 1.54) is 0 Å². The van der Waals surface area contributed by atoms with Crippen LogP contribution < -0.4 is 5.69 Å². The molecule has 1 heterocycles. The number of nitrogens with one attached hydrogen (secondary N) is 1. The van der Waals surface area contributed by atoms with E-state index in [0.717, 1.165) is 5.56 Å². The lowest BCUT2D eigenvalue weighted by Gasteiger charge is -2.09. The Morgan fingerprint density at radius 2 is 2.00 bits per heavy atom. The van der Waals surface area contributed by atoms with Gasteiger partial charge < -0.3 is 4.74 Å². The highest BCUT2D eigenvalue weighted by molar-refractivity contribution is 5.13. The van der Waals surface area contributed by atoms with E-state index in [9.17, 15) is 4.79 Å². The van der Waals surface area contributed by atoms with Gasteiger partial charge in [-0.1, -0.05) is 30.3 Å². The lowest BCUT2D eigenvalue weighted by atomic mass is 10.2. The molecule has 0 spiro atoms. The van der Waals surface area contributed by atoms with Gasteiger partial charge in [0.15, 0.2) is 5.82 Å². The molecule has 0 amide bonds. The van der Waals surface area contributed by atoms with E-state index in [4.69, 9.17) is 4.74 Å². The zero-order valence-corrected chi connectivity index (χ0v) is 10.6. The first kappa shape index (κ1) is 12.6. The first-order chi connectivity index (χ1) is 8.68. The summed E-state index contributed by atoms with van der Waals surface area (Å²) in [7, 11) is 0. The molecule has 1 aromatic carbocycles. The van der Waals surface area contributed by atoms with Crippen LogP contribution in [0.2, 0.25) is 0 Å². The van der Waals surface area contributed by atoms with Gasteiger partial charge in [0.2, 0.25) is 0 Å². The number of H-pyrrole nitrogens is 1. The van der Waals surface area contributed by atoms with Crippen LogP contribution in [0.5, 0.6) is 0 Å². The van der Waals surface area contributed by atoms with Crippen LogP contribution in [0, 0.1) is 0 Å². The Kier molecular flexibility index (Phi) is 3.94. The van der Waals surface area contributed by atoms with Crippen LogP contribution >= 0.6 is 0 Å². The minimum Gasteiger partial charge on any atom is -0.369 e. The normalized spacial score (nSPS) is 11.1. The molecule has 0 aliphatic carbocycles. The van der Waals surface area contributed by atoms with Crippen molar-refractivity contribution in [1.29, 1.82) is 0 Å². The van der Waals surface area contributed by atoms with Crippen molar-refractivity contribution in [1.82, 2.24) is 14.8 Å². The van der Waals surface area contributed by atoms with Crippen molar-refractivity contribution >= 4 is 0 Å². The lowest BCUT2D eigenvalue weighted by molar-refractivity contribution is 0.0982. The van der Waals surface area contributed by atoms with Gasteiger partial charge in [-0.05, 0) is 19.4 Å². The summed E-state index contributed by atoms with van der Waals surface area (Å²) >= 11 is 0. The van der Waals surface area contributed by atoms with Crippen molar-refractivity contribution in [3.05, 3.63) is 52.2 Å². The van der Waals surface area contributed by atoms with Gasteiger partial charge in [0.25, 0.3) is 0 Å². The Morgan fingerprint density at radius 3 is 2.67 bits per heavy atom. The maximum Gasteiger partial charge on any atom is 0.343 e. The molecule has 0 unspecified atom stereocenters. The second kappa shape index (κ2) is 5.64. The van der Waals surface area contributed by atoms with Gasteiger partial charge >= 0.3 is 5.69 Å². The zero-order chi connectivity index (χ0) is 13.0. The molecule has 5 nitrogen and oxygen atoms in total. The first-order valence-electron chi connectivity index (χ1n) is 5.96. The third kappa shape index (κ3) is 2.87. The fourth-order valence-corrected chi connectivity index (χ4v) is 1.81. The van der Waals surface area contributed by atoms with Crippen molar-refractivity contribution in [2.45, 2.75) is 33.1 Å². The molecule has 0 radical (unpaired) electrons. The average molecular weight is 247 g/mol. The minimum atomic E-state index is -0.191. The zero-order valence-electron chi connectivity index (χ0n) is 10.6. The molecule has 5 heteroatoms. The highest BCUT2D eigenvalue weighted by atomic mass is 16.5. The number of nitrogens with zero attached hydrogens (tertiary/aromatic N) is 2. The monoisotopic (exact) mass is 247 g/mol. The predicted octanol–water partition coefficient (Wildman–Crippen LogP) is 1.87. The fourth-order valence-electron chi connectivity index (χ4n) is 1.81. The molecule has 0 atom stereocenters. The molecule has 0 saturated heterocycles. The molecule has 1 aromatic heterocycles. The number of rotatable bonds is 5. The van der Waals surface area contributed by atoms with E-state index in [1.807, 2.05) is 44.2 Å². The molecule has 0 aliphatic heterocycles. The molecule has 18 heavy (non-hydrogen) atoms. The lowest BCUT2D eigenvalue weighted by Crippen LogP contribution is -2.21. The molecule has 2 aromatic rings. The SMILES string of the molecule is CC(C)n1c(COCc2ccccc2)n[nH]c1=O. The molecule has 0 aliphatic rings. The summed E-state index contributed by atoms with van der Waals surface area (Å²) in [6.45, 7) is 4.72. The molecular weight excluding hydrogens is 230 g/mol. The van der Waals surface area contributed by atoms with E-state index in [-0.39, 0.29) is 11.7 Å². The number of aromatic amines is 1. The second-order valence-electron chi connectivity index (χ2n) is 4.39. The summed E-state index contributed by atoms with van der Waals surface area (Å²) in [6.07, 6.45) is 0. The summed E-state index contributed by atoms with van der Waals surface area (Å²) in [5, 5.41) is 6.41. The topological polar surface area (TPSA) is 59.9 Å². The van der Waals surface area contributed by atoms with Crippen molar-refractivity contribution in [2.75, 3.05) is 0 Å². The van der Waals surface area contributed by atoms with Gasteiger partial charge in [0.05, 0.1) is 6.61 Å². The third-order valence-corrected chi connectivity index (χ3v) is 2.64. The van der Waals surface area contributed by atoms with Gasteiger partial charge in [-0.3, -0.25) is 4.57 Å². The maximum absolute atomic E-state index is 11.5. The quantitative estimate of drug-likeness (QED) is 0.877. The summed E-state index contributed by atoms with van der Waals surface area (Å²) < 4.78 is 7.17. The van der Waals surface area contributed by atoms with Crippen LogP contribution in [0.4, 0.5) is 0 Å². The van der Waals surface area contributed by atoms with E-state index >= 15 is 0 Å². The van der Waals surface area contributed by atoms with Crippen molar-refractivity contribution in [3.63, 3.8) is 0 Å². The maximum atomic E-state index is 11.5. The van der Waals surface area contributed by atoms with Gasteiger partial charge in [-0.25, -0.2) is 9.89 Å². The fraction of sp³-hybridized carbons (Fsp3) is 0.385. The summed E-state index contributed by atoms with van der Waals surface area (Å²) in [5.41, 5.74) is 0.912. The Hall–Kier alpha value is -1.88. The van der Waals surface area contributed by atoms with Crippen LogP contribution in [0.1, 0.15) is 31.3 Å². The molecule has 0 saturated carbocycles. The standard InChI is InChI=1S/C13H17N3O2/c1-10(2)16-12(14-15-13(16)17)9-18-8-11-6-4-3-5-7-11/h3-7,10H,8-9H2,1-2H3,(H,15,17). The summed E-state index contributed by atoms with van der Waals surface area (Å²) in [5.74, 6) is 0.630. The van der Waals surface area contributed by atoms with Gasteiger partial charge in [0, 0.05) is 6.04 Å². The predicted molar refractivity (Wildman–Crippen MR) is 68.2 cm³/mol. The van der Waals surface area contributed by atoms with E-state index in [2.05, 4.69) is 10.2 Å². The summed E-state index contributed by atoms with van der Waals surface area (Å²) in [4.78, 5) is 11.5. The Bertz CT molecular complexity index is 543. The Morgan fingerprint density at radius 1 is 1.28 bits per heavy atom. The van der Waals surface area contributed by atoms with E-state index in [1.54, 1.807) is 4.57 Å². The highest BCUT2D eigenvalue weighted by Crippen LogP contribution is 2.06. The molecule has 2 rings (SSSR count). The molecule has 96 valence electrons. The van der Waals surface area contributed by atoms with Crippen molar-refractivity contribution < 1.29 is 4.74 Å². The van der Waals surface area contributed by atoms with E-state index in [0.29, 0.717) is 19.0 Å². The van der Waals surface area contributed by atoms with Crippen molar-refractivity contribution in [3.8, 4) is 0 Å². The average Bonchev–Trinajstić information content (AvgIpc) is 2.72. The largest absolute Gasteiger partial charge is 0.369 e. The van der Waals surface area contributed by atoms with Crippen LogP contribution in [-0.4, -0.2) is 14.8 Å². The van der Waals surface area contributed by atoms with Gasteiger partial charge in [0.1, 0.15) is 6.61 Å². The van der Waals surface area contributed by atoms with Crippen LogP contribution in [0.15, 0.2) is 35.1 Å². The number of aromatic nitrogens is 3. The van der Waals surface area contributed by atoms with Crippen LogP contribution in [-0.2, 0) is 18.0 Å².